The molecule has 0 saturated heterocycles. The van der Waals surface area contributed by atoms with Gasteiger partial charge in [-0.2, -0.15) is 5.10 Å². The van der Waals surface area contributed by atoms with E-state index in [1.165, 1.54) is 29.0 Å². The van der Waals surface area contributed by atoms with Gasteiger partial charge in [0.25, 0.3) is 5.91 Å². The maximum atomic E-state index is 12.9. The third-order valence-electron chi connectivity index (χ3n) is 6.49. The van der Waals surface area contributed by atoms with Gasteiger partial charge in [0.05, 0.1) is 32.9 Å². The second-order valence-corrected chi connectivity index (χ2v) is 10.8. The van der Waals surface area contributed by atoms with E-state index < -0.39 is 17.9 Å². The van der Waals surface area contributed by atoms with Crippen LogP contribution in [0.4, 0.5) is 0 Å². The minimum absolute atomic E-state index is 0.131. The lowest BCUT2D eigenvalue weighted by molar-refractivity contribution is -0.121. The van der Waals surface area contributed by atoms with Crippen LogP contribution in [0.3, 0.4) is 0 Å². The van der Waals surface area contributed by atoms with Gasteiger partial charge in [0.15, 0.2) is 0 Å². The molecule has 5 aromatic rings. The summed E-state index contributed by atoms with van der Waals surface area (Å²) in [4.78, 5) is 31.2. The maximum Gasteiger partial charge on any atom is 0.267 e. The van der Waals surface area contributed by atoms with Gasteiger partial charge in [-0.1, -0.05) is 44.2 Å². The molecule has 0 fully saturated rings. The Labute approximate surface area is 236 Å². The summed E-state index contributed by atoms with van der Waals surface area (Å²) >= 11 is 1.26. The van der Waals surface area contributed by atoms with Crippen molar-refractivity contribution in [3.8, 4) is 33.4 Å². The molecule has 2 aromatic carbocycles. The smallest absolute Gasteiger partial charge is 0.267 e. The molecule has 1 atom stereocenters. The molecule has 2 amide bonds. The number of pyridine rings is 1. The lowest BCUT2D eigenvalue weighted by Crippen LogP contribution is -2.44. The summed E-state index contributed by atoms with van der Waals surface area (Å²) < 4.78 is 1.85. The van der Waals surface area contributed by atoms with Gasteiger partial charge < -0.3 is 10.8 Å². The Morgan fingerprint density at radius 2 is 1.73 bits per heavy atom. The topological polar surface area (TPSA) is 123 Å². The summed E-state index contributed by atoms with van der Waals surface area (Å²) in [5.41, 5.74) is 11.2. The highest BCUT2D eigenvalue weighted by Crippen LogP contribution is 2.33. The van der Waals surface area contributed by atoms with Crippen molar-refractivity contribution in [1.29, 1.82) is 0 Å². The molecule has 3 aromatic heterocycles. The van der Waals surface area contributed by atoms with E-state index in [4.69, 9.17) is 10.8 Å². The molecule has 40 heavy (non-hydrogen) atoms. The fourth-order valence-corrected chi connectivity index (χ4v) is 5.14. The number of aromatic nitrogens is 3. The quantitative estimate of drug-likeness (QED) is 0.240. The van der Waals surface area contributed by atoms with Gasteiger partial charge in [-0.05, 0) is 78.1 Å². The summed E-state index contributed by atoms with van der Waals surface area (Å²) in [6.45, 7) is 4.30. The van der Waals surface area contributed by atoms with Gasteiger partial charge in [0.2, 0.25) is 5.91 Å². The van der Waals surface area contributed by atoms with Crippen LogP contribution in [0.1, 0.15) is 40.6 Å². The molecule has 8 nitrogen and oxygen atoms in total. The lowest BCUT2D eigenvalue weighted by Gasteiger charge is -2.11. The van der Waals surface area contributed by atoms with Gasteiger partial charge in [0.1, 0.15) is 11.4 Å². The molecule has 4 N–H and O–H groups in total. The predicted octanol–water partition coefficient (Wildman–Crippen LogP) is 5.32. The van der Waals surface area contributed by atoms with Crippen LogP contribution in [-0.2, 0) is 11.2 Å². The zero-order valence-electron chi connectivity index (χ0n) is 22.1. The third-order valence-corrected chi connectivity index (χ3v) is 7.60. The Hall–Kier alpha value is -4.60. The number of hydrogen-bond acceptors (Lipinski definition) is 7. The maximum absolute atomic E-state index is 12.9. The minimum Gasteiger partial charge on any atom is -0.508 e. The number of nitrogens with two attached hydrogens (primary N) is 1. The number of carbonyl (C=O) groups excluding carboxylic acids is 2. The highest BCUT2D eigenvalue weighted by molar-refractivity contribution is 7.17. The molecular formula is C31H29N5O3S. The van der Waals surface area contributed by atoms with E-state index in [1.807, 2.05) is 47.1 Å². The normalized spacial score (nSPS) is 11.9. The van der Waals surface area contributed by atoms with Crippen molar-refractivity contribution < 1.29 is 14.7 Å². The van der Waals surface area contributed by atoms with E-state index in [0.29, 0.717) is 16.5 Å². The van der Waals surface area contributed by atoms with Crippen LogP contribution in [-0.4, -0.2) is 37.7 Å². The summed E-state index contributed by atoms with van der Waals surface area (Å²) in [5.74, 6) is -0.544. The van der Waals surface area contributed by atoms with Crippen LogP contribution in [0.5, 0.6) is 5.75 Å². The molecule has 202 valence electrons. The highest BCUT2D eigenvalue weighted by Gasteiger charge is 2.21. The molecule has 0 aliphatic heterocycles. The van der Waals surface area contributed by atoms with Crippen LogP contribution >= 0.6 is 11.3 Å². The first-order chi connectivity index (χ1) is 19.3. The SMILES string of the molecule is CC(C)c1ccc(-n2nc(-c3ccccn3)cc2-c2ccc(C(=O)NC(=O)C(N)Cc3ccc(O)cc3)s2)cc1. The van der Waals surface area contributed by atoms with E-state index in [1.54, 1.807) is 24.4 Å². The molecule has 9 heteroatoms. The lowest BCUT2D eigenvalue weighted by atomic mass is 10.0. The third kappa shape index (κ3) is 6.01. The predicted molar refractivity (Wildman–Crippen MR) is 156 cm³/mol. The monoisotopic (exact) mass is 551 g/mol. The van der Waals surface area contributed by atoms with Crippen LogP contribution in [0.2, 0.25) is 0 Å². The molecule has 1 unspecified atom stereocenters. The van der Waals surface area contributed by atoms with E-state index in [2.05, 4.69) is 36.3 Å². The van der Waals surface area contributed by atoms with Crippen molar-refractivity contribution in [2.45, 2.75) is 32.2 Å². The average molecular weight is 552 g/mol. The van der Waals surface area contributed by atoms with E-state index in [-0.39, 0.29) is 12.2 Å². The number of imide groups is 1. The van der Waals surface area contributed by atoms with Crippen molar-refractivity contribution in [3.63, 3.8) is 0 Å². The molecule has 0 aliphatic rings. The second-order valence-electron chi connectivity index (χ2n) is 9.75. The number of phenols is 1. The number of amides is 2. The fourth-order valence-electron chi connectivity index (χ4n) is 4.24. The molecule has 0 spiro atoms. The molecule has 0 saturated carbocycles. The van der Waals surface area contributed by atoms with Crippen LogP contribution in [0.15, 0.2) is 91.1 Å². The van der Waals surface area contributed by atoms with E-state index in [9.17, 15) is 14.7 Å². The van der Waals surface area contributed by atoms with E-state index in [0.717, 1.165) is 27.5 Å². The molecule has 5 rings (SSSR count). The Morgan fingerprint density at radius 1 is 0.975 bits per heavy atom. The van der Waals surface area contributed by atoms with Crippen LogP contribution in [0.25, 0.3) is 27.6 Å². The number of thiophene rings is 1. The number of aromatic hydroxyl groups is 1. The Kier molecular flexibility index (Phi) is 7.86. The van der Waals surface area contributed by atoms with E-state index >= 15 is 0 Å². The molecular weight excluding hydrogens is 522 g/mol. The van der Waals surface area contributed by atoms with Crippen LogP contribution < -0.4 is 11.1 Å². The van der Waals surface area contributed by atoms with Crippen molar-refractivity contribution >= 4 is 23.2 Å². The zero-order chi connectivity index (χ0) is 28.2. The van der Waals surface area contributed by atoms with Gasteiger partial charge in [-0.25, -0.2) is 4.68 Å². The molecule has 0 radical (unpaired) electrons. The van der Waals surface area contributed by atoms with Crippen LogP contribution in [0, 0.1) is 0 Å². The van der Waals surface area contributed by atoms with Crippen molar-refractivity contribution in [2.24, 2.45) is 5.73 Å². The fraction of sp³-hybridized carbons (Fsp3) is 0.161. The van der Waals surface area contributed by atoms with Crippen molar-refractivity contribution in [3.05, 3.63) is 107 Å². The minimum atomic E-state index is -0.913. The number of benzene rings is 2. The summed E-state index contributed by atoms with van der Waals surface area (Å²) in [6, 6.07) is 24.9. The Bertz CT molecular complexity index is 1620. The van der Waals surface area contributed by atoms with Gasteiger partial charge in [0, 0.05) is 6.20 Å². The molecule has 3 heterocycles. The molecule has 0 aliphatic carbocycles. The number of carbonyl (C=O) groups is 2. The van der Waals surface area contributed by atoms with Gasteiger partial charge in [-0.3, -0.25) is 19.9 Å². The molecule has 0 bridgehead atoms. The summed E-state index contributed by atoms with van der Waals surface area (Å²) in [5, 5.41) is 16.7. The van der Waals surface area contributed by atoms with Gasteiger partial charge >= 0.3 is 0 Å². The second kappa shape index (κ2) is 11.6. The largest absolute Gasteiger partial charge is 0.508 e. The number of rotatable bonds is 8. The summed E-state index contributed by atoms with van der Waals surface area (Å²) in [7, 11) is 0. The van der Waals surface area contributed by atoms with Crippen molar-refractivity contribution in [2.75, 3.05) is 0 Å². The van der Waals surface area contributed by atoms with Crippen molar-refractivity contribution in [1.82, 2.24) is 20.1 Å². The highest BCUT2D eigenvalue weighted by atomic mass is 32.1. The average Bonchev–Trinajstić information content (AvgIpc) is 3.63. The summed E-state index contributed by atoms with van der Waals surface area (Å²) in [6.07, 6.45) is 1.96. The van der Waals surface area contributed by atoms with Gasteiger partial charge in [-0.15, -0.1) is 11.3 Å². The first kappa shape index (κ1) is 27.0. The number of hydrogen-bond donors (Lipinski definition) is 3. The zero-order valence-corrected chi connectivity index (χ0v) is 22.9. The number of nitrogens with one attached hydrogen (secondary N) is 1. The Balaban J connectivity index is 1.39. The number of phenolic OH excluding ortho intramolecular Hbond substituents is 1. The first-order valence-electron chi connectivity index (χ1n) is 12.9. The standard InChI is InChI=1S/C31H29N5O3S/c1-19(2)21-8-10-22(11-9-21)36-27(18-26(35-36)25-5-3-4-16-33-25)28-14-15-29(40-28)31(39)34-30(38)24(32)17-20-6-12-23(37)13-7-20/h3-16,18-19,24,37H,17,32H2,1-2H3,(H,34,38,39). The number of nitrogens with zero attached hydrogens (tertiary/aromatic N) is 3. The first-order valence-corrected chi connectivity index (χ1v) is 13.7. The Morgan fingerprint density at radius 3 is 2.40 bits per heavy atom.